The van der Waals surface area contributed by atoms with E-state index in [1.165, 1.54) is 19.3 Å². The van der Waals surface area contributed by atoms with Crippen LogP contribution in [-0.2, 0) is 17.8 Å². The Morgan fingerprint density at radius 1 is 1.04 bits per heavy atom. The molecule has 1 atom stereocenters. The first-order valence-corrected chi connectivity index (χ1v) is 9.86. The highest BCUT2D eigenvalue weighted by atomic mass is 16.2. The Kier molecular flexibility index (Phi) is 4.77. The van der Waals surface area contributed by atoms with Crippen molar-refractivity contribution in [1.29, 1.82) is 0 Å². The molecule has 136 valence electrons. The Morgan fingerprint density at radius 2 is 1.80 bits per heavy atom. The summed E-state index contributed by atoms with van der Waals surface area (Å²) in [5, 5.41) is 3.13. The average Bonchev–Trinajstić information content (AvgIpc) is 3.30. The molecule has 6 heteroatoms. The fourth-order valence-electron chi connectivity index (χ4n) is 4.55. The van der Waals surface area contributed by atoms with Crippen molar-refractivity contribution >= 4 is 11.8 Å². The number of nitrogens with one attached hydrogen (secondary N) is 1. The number of hydrogen-bond donors (Lipinski definition) is 1. The highest BCUT2D eigenvalue weighted by Crippen LogP contribution is 2.26. The lowest BCUT2D eigenvalue weighted by Gasteiger charge is -2.32. The minimum Gasteiger partial charge on any atom is -0.348 e. The number of carbonyl (C=O) groups excluding carboxylic acids is 2. The van der Waals surface area contributed by atoms with Gasteiger partial charge in [-0.15, -0.1) is 0 Å². The molecule has 3 heterocycles. The second-order valence-electron chi connectivity index (χ2n) is 7.77. The van der Waals surface area contributed by atoms with Crippen molar-refractivity contribution in [2.75, 3.05) is 13.1 Å². The summed E-state index contributed by atoms with van der Waals surface area (Å²) in [7, 11) is 0. The molecule has 0 bridgehead atoms. The van der Waals surface area contributed by atoms with E-state index in [2.05, 4.69) is 10.3 Å². The molecule has 2 amide bonds. The molecular formula is C19H28N4O2. The minimum absolute atomic E-state index is 0.0329. The van der Waals surface area contributed by atoms with Crippen LogP contribution in [0.1, 0.15) is 67.5 Å². The number of nitrogens with zero attached hydrogens (tertiary/aromatic N) is 3. The molecule has 1 saturated carbocycles. The van der Waals surface area contributed by atoms with Gasteiger partial charge >= 0.3 is 0 Å². The third kappa shape index (κ3) is 3.44. The van der Waals surface area contributed by atoms with Crippen molar-refractivity contribution in [3.63, 3.8) is 0 Å². The number of imidazole rings is 1. The molecule has 4 rings (SSSR count). The van der Waals surface area contributed by atoms with E-state index in [9.17, 15) is 9.59 Å². The number of carbonyl (C=O) groups is 2. The van der Waals surface area contributed by atoms with Crippen LogP contribution in [0, 0.1) is 5.92 Å². The van der Waals surface area contributed by atoms with Crippen molar-refractivity contribution < 1.29 is 9.59 Å². The fraction of sp³-hybridized carbons (Fsp3) is 0.737. The number of fused-ring (bicyclic) bond motifs is 1. The second-order valence-corrected chi connectivity index (χ2v) is 7.77. The predicted octanol–water partition coefficient (Wildman–Crippen LogP) is 2.13. The van der Waals surface area contributed by atoms with Gasteiger partial charge in [0.15, 0.2) is 0 Å². The molecule has 25 heavy (non-hydrogen) atoms. The Morgan fingerprint density at radius 3 is 2.56 bits per heavy atom. The molecule has 1 aromatic heterocycles. The average molecular weight is 344 g/mol. The maximum absolute atomic E-state index is 12.7. The summed E-state index contributed by atoms with van der Waals surface area (Å²) in [4.78, 5) is 31.7. The van der Waals surface area contributed by atoms with Gasteiger partial charge in [0.2, 0.25) is 5.91 Å². The number of amides is 2. The van der Waals surface area contributed by atoms with Gasteiger partial charge in [0, 0.05) is 25.7 Å². The Labute approximate surface area is 149 Å². The van der Waals surface area contributed by atoms with Gasteiger partial charge in [-0.2, -0.15) is 0 Å². The summed E-state index contributed by atoms with van der Waals surface area (Å²) < 4.78 is 2.03. The largest absolute Gasteiger partial charge is 0.348 e. The Bertz CT molecular complexity index is 642. The fourth-order valence-corrected chi connectivity index (χ4v) is 4.55. The maximum Gasteiger partial charge on any atom is 0.271 e. The van der Waals surface area contributed by atoms with Gasteiger partial charge in [0.25, 0.3) is 5.91 Å². The monoisotopic (exact) mass is 344 g/mol. The third-order valence-electron chi connectivity index (χ3n) is 6.02. The van der Waals surface area contributed by atoms with E-state index in [4.69, 9.17) is 0 Å². The zero-order valence-electron chi connectivity index (χ0n) is 14.9. The van der Waals surface area contributed by atoms with Crippen LogP contribution in [0.5, 0.6) is 0 Å². The minimum atomic E-state index is -0.0403. The van der Waals surface area contributed by atoms with E-state index >= 15 is 0 Å². The molecule has 0 spiro atoms. The number of hydrogen-bond acceptors (Lipinski definition) is 3. The van der Waals surface area contributed by atoms with Gasteiger partial charge in [0.1, 0.15) is 5.69 Å². The SMILES string of the molecule is O=C(NC1CCCC1)c1ncn2c1CCC(C(=O)N1CCCCC1)C2. The van der Waals surface area contributed by atoms with Gasteiger partial charge in [-0.1, -0.05) is 12.8 Å². The summed E-state index contributed by atoms with van der Waals surface area (Å²) in [5.74, 6) is 0.281. The summed E-state index contributed by atoms with van der Waals surface area (Å²) >= 11 is 0. The van der Waals surface area contributed by atoms with Crippen molar-refractivity contribution in [3.05, 3.63) is 17.7 Å². The maximum atomic E-state index is 12.7. The van der Waals surface area contributed by atoms with E-state index in [1.54, 1.807) is 6.33 Å². The van der Waals surface area contributed by atoms with Crippen LogP contribution in [0.2, 0.25) is 0 Å². The highest BCUT2D eigenvalue weighted by Gasteiger charge is 2.32. The lowest BCUT2D eigenvalue weighted by molar-refractivity contribution is -0.137. The highest BCUT2D eigenvalue weighted by molar-refractivity contribution is 5.93. The van der Waals surface area contributed by atoms with Crippen LogP contribution in [0.25, 0.3) is 0 Å². The lowest BCUT2D eigenvalue weighted by Crippen LogP contribution is -2.42. The van der Waals surface area contributed by atoms with Crippen molar-refractivity contribution in [3.8, 4) is 0 Å². The van der Waals surface area contributed by atoms with Gasteiger partial charge in [-0.3, -0.25) is 9.59 Å². The quantitative estimate of drug-likeness (QED) is 0.913. The van der Waals surface area contributed by atoms with Crippen LogP contribution < -0.4 is 5.32 Å². The zero-order chi connectivity index (χ0) is 17.2. The molecule has 1 saturated heterocycles. The second kappa shape index (κ2) is 7.18. The van der Waals surface area contributed by atoms with Crippen LogP contribution in [0.15, 0.2) is 6.33 Å². The molecule has 0 radical (unpaired) electrons. The van der Waals surface area contributed by atoms with E-state index in [1.807, 2.05) is 9.47 Å². The molecule has 2 aliphatic heterocycles. The smallest absolute Gasteiger partial charge is 0.271 e. The van der Waals surface area contributed by atoms with E-state index in [-0.39, 0.29) is 17.7 Å². The first kappa shape index (κ1) is 16.6. The Balaban J connectivity index is 1.41. The lowest BCUT2D eigenvalue weighted by atomic mass is 9.94. The summed E-state index contributed by atoms with van der Waals surface area (Å²) in [5.41, 5.74) is 1.56. The molecular weight excluding hydrogens is 316 g/mol. The van der Waals surface area contributed by atoms with Crippen LogP contribution >= 0.6 is 0 Å². The Hall–Kier alpha value is -1.85. The normalized spacial score (nSPS) is 24.2. The summed E-state index contributed by atoms with van der Waals surface area (Å²) in [6.07, 6.45) is 11.4. The van der Waals surface area contributed by atoms with Crippen molar-refractivity contribution in [2.45, 2.75) is 70.4 Å². The number of piperidine rings is 1. The van der Waals surface area contributed by atoms with Crippen molar-refractivity contribution in [2.24, 2.45) is 5.92 Å². The number of rotatable bonds is 3. The van der Waals surface area contributed by atoms with Crippen LogP contribution in [0.3, 0.4) is 0 Å². The topological polar surface area (TPSA) is 67.2 Å². The predicted molar refractivity (Wildman–Crippen MR) is 94.2 cm³/mol. The molecule has 1 aliphatic carbocycles. The van der Waals surface area contributed by atoms with E-state index < -0.39 is 0 Å². The summed E-state index contributed by atoms with van der Waals surface area (Å²) in [6, 6.07) is 0.307. The van der Waals surface area contributed by atoms with Crippen molar-refractivity contribution in [1.82, 2.24) is 19.8 Å². The molecule has 1 N–H and O–H groups in total. The summed E-state index contributed by atoms with van der Waals surface area (Å²) in [6.45, 7) is 2.47. The molecule has 3 aliphatic rings. The van der Waals surface area contributed by atoms with Gasteiger partial charge in [-0.25, -0.2) is 4.98 Å². The first-order chi connectivity index (χ1) is 12.2. The zero-order valence-corrected chi connectivity index (χ0v) is 14.9. The van der Waals surface area contributed by atoms with Crippen LogP contribution in [0.4, 0.5) is 0 Å². The standard InChI is InChI=1S/C19H28N4O2/c24-18(21-15-6-2-3-7-15)17-16-9-8-14(12-23(16)13-20-17)19(25)22-10-4-1-5-11-22/h13-15H,1-12H2,(H,21,24). The number of aromatic nitrogens is 2. The van der Waals surface area contributed by atoms with E-state index in [0.717, 1.165) is 57.3 Å². The molecule has 0 aromatic carbocycles. The molecule has 1 aromatic rings. The third-order valence-corrected chi connectivity index (χ3v) is 6.02. The number of likely N-dealkylation sites (tertiary alicyclic amines) is 1. The molecule has 2 fully saturated rings. The van der Waals surface area contributed by atoms with Crippen LogP contribution in [-0.4, -0.2) is 45.4 Å². The van der Waals surface area contributed by atoms with Gasteiger partial charge in [0.05, 0.1) is 17.9 Å². The van der Waals surface area contributed by atoms with Gasteiger partial charge in [-0.05, 0) is 44.9 Å². The molecule has 6 nitrogen and oxygen atoms in total. The van der Waals surface area contributed by atoms with E-state index in [0.29, 0.717) is 18.3 Å². The first-order valence-electron chi connectivity index (χ1n) is 9.86. The van der Waals surface area contributed by atoms with Gasteiger partial charge < -0.3 is 14.8 Å². The molecule has 1 unspecified atom stereocenters.